The lowest BCUT2D eigenvalue weighted by atomic mass is 10.1. The summed E-state index contributed by atoms with van der Waals surface area (Å²) in [5, 5.41) is 1.81. The van der Waals surface area contributed by atoms with E-state index >= 15 is 0 Å². The number of hydrogen-bond donors (Lipinski definition) is 0. The third-order valence-corrected chi connectivity index (χ3v) is 7.61. The first kappa shape index (κ1) is 14.5. The van der Waals surface area contributed by atoms with E-state index in [-0.39, 0.29) is 6.04 Å². The molecule has 0 aliphatic heterocycles. The van der Waals surface area contributed by atoms with Crippen LogP contribution in [0.5, 0.6) is 0 Å². The number of halogens is 1. The van der Waals surface area contributed by atoms with Crippen molar-refractivity contribution in [1.29, 1.82) is 0 Å². The van der Waals surface area contributed by atoms with E-state index in [1.165, 1.54) is 11.3 Å². The van der Waals surface area contributed by atoms with Crippen molar-refractivity contribution in [3.63, 3.8) is 0 Å². The molecule has 0 spiro atoms. The van der Waals surface area contributed by atoms with Crippen LogP contribution in [-0.2, 0) is 10.0 Å². The van der Waals surface area contributed by atoms with Gasteiger partial charge in [0, 0.05) is 17.1 Å². The van der Waals surface area contributed by atoms with Gasteiger partial charge in [-0.15, -0.1) is 11.3 Å². The minimum atomic E-state index is -3.32. The molecular weight excluding hydrogens is 334 g/mol. The fourth-order valence-corrected chi connectivity index (χ4v) is 5.94. The van der Waals surface area contributed by atoms with Crippen LogP contribution in [-0.4, -0.2) is 25.3 Å². The van der Waals surface area contributed by atoms with Gasteiger partial charge in [-0.05, 0) is 52.6 Å². The Morgan fingerprint density at radius 3 is 2.61 bits per heavy atom. The summed E-state index contributed by atoms with van der Waals surface area (Å²) >= 11 is 4.61. The van der Waals surface area contributed by atoms with E-state index in [2.05, 4.69) is 29.8 Å². The van der Waals surface area contributed by atoms with Crippen LogP contribution >= 0.6 is 27.3 Å². The number of sulfonamides is 1. The first-order valence-corrected chi connectivity index (χ1v) is 9.29. The highest BCUT2D eigenvalue weighted by molar-refractivity contribution is 9.10. The first-order valence-electron chi connectivity index (χ1n) is 6.17. The predicted octanol–water partition coefficient (Wildman–Crippen LogP) is 3.71. The number of nitrogens with zero attached hydrogens (tertiary/aromatic N) is 1. The minimum absolute atomic E-state index is 0.225. The van der Waals surface area contributed by atoms with E-state index in [1.807, 2.05) is 5.38 Å². The molecule has 3 nitrogen and oxygen atoms in total. The SMILES string of the molecule is CC(C)CCN(C1CC1)S(=O)(=O)c1sccc1Br. The Morgan fingerprint density at radius 2 is 2.17 bits per heavy atom. The van der Waals surface area contributed by atoms with Crippen molar-refractivity contribution in [2.45, 2.75) is 43.4 Å². The Bertz CT molecular complexity index is 506. The zero-order chi connectivity index (χ0) is 13.3. The maximum absolute atomic E-state index is 12.6. The lowest BCUT2D eigenvalue weighted by Gasteiger charge is -2.22. The van der Waals surface area contributed by atoms with Crippen molar-refractivity contribution < 1.29 is 8.42 Å². The van der Waals surface area contributed by atoms with Gasteiger partial charge in [-0.2, -0.15) is 4.31 Å². The monoisotopic (exact) mass is 351 g/mol. The molecule has 1 aromatic heterocycles. The summed E-state index contributed by atoms with van der Waals surface area (Å²) in [5.74, 6) is 0.522. The Kier molecular flexibility index (Phi) is 4.52. The van der Waals surface area contributed by atoms with Gasteiger partial charge in [0.1, 0.15) is 4.21 Å². The van der Waals surface area contributed by atoms with E-state index < -0.39 is 10.0 Å². The Labute approximate surface area is 121 Å². The Balaban J connectivity index is 2.22. The molecule has 18 heavy (non-hydrogen) atoms. The van der Waals surface area contributed by atoms with Crippen LogP contribution in [0.4, 0.5) is 0 Å². The van der Waals surface area contributed by atoms with Crippen molar-refractivity contribution in [1.82, 2.24) is 4.31 Å². The van der Waals surface area contributed by atoms with E-state index in [9.17, 15) is 8.42 Å². The van der Waals surface area contributed by atoms with Crippen molar-refractivity contribution in [2.24, 2.45) is 5.92 Å². The molecule has 0 N–H and O–H groups in total. The molecule has 0 aromatic carbocycles. The highest BCUT2D eigenvalue weighted by atomic mass is 79.9. The second kappa shape index (κ2) is 5.61. The van der Waals surface area contributed by atoms with Gasteiger partial charge in [0.25, 0.3) is 10.0 Å². The summed E-state index contributed by atoms with van der Waals surface area (Å²) < 4.78 is 28.1. The lowest BCUT2D eigenvalue weighted by molar-refractivity contribution is 0.374. The van der Waals surface area contributed by atoms with E-state index in [0.717, 1.165) is 19.3 Å². The Morgan fingerprint density at radius 1 is 1.50 bits per heavy atom. The minimum Gasteiger partial charge on any atom is -0.206 e. The molecule has 0 atom stereocenters. The van der Waals surface area contributed by atoms with E-state index in [4.69, 9.17) is 0 Å². The van der Waals surface area contributed by atoms with Gasteiger partial charge in [0.05, 0.1) is 0 Å². The third kappa shape index (κ3) is 3.15. The summed E-state index contributed by atoms with van der Waals surface area (Å²) in [4.78, 5) is 0. The summed E-state index contributed by atoms with van der Waals surface area (Å²) in [7, 11) is -3.32. The molecule has 102 valence electrons. The summed E-state index contributed by atoms with van der Waals surface area (Å²) in [6.45, 7) is 4.88. The summed E-state index contributed by atoms with van der Waals surface area (Å²) in [5.41, 5.74) is 0. The molecule has 0 amide bonds. The van der Waals surface area contributed by atoms with Crippen LogP contribution in [0, 0.1) is 5.92 Å². The quantitative estimate of drug-likeness (QED) is 0.783. The molecule has 0 saturated heterocycles. The largest absolute Gasteiger partial charge is 0.253 e. The standard InChI is InChI=1S/C12H18BrNO2S2/c1-9(2)5-7-14(10-3-4-10)18(15,16)12-11(13)6-8-17-12/h6,8-10H,3-5,7H2,1-2H3. The van der Waals surface area contributed by atoms with E-state index in [1.54, 1.807) is 10.4 Å². The smallest absolute Gasteiger partial charge is 0.206 e. The van der Waals surface area contributed by atoms with Crippen molar-refractivity contribution >= 4 is 37.3 Å². The lowest BCUT2D eigenvalue weighted by Crippen LogP contribution is -2.34. The van der Waals surface area contributed by atoms with Gasteiger partial charge in [-0.3, -0.25) is 0 Å². The van der Waals surface area contributed by atoms with Gasteiger partial charge in [-0.25, -0.2) is 8.42 Å². The number of hydrogen-bond acceptors (Lipinski definition) is 3. The molecule has 1 aliphatic carbocycles. The van der Waals surface area contributed by atoms with Crippen LogP contribution in [0.2, 0.25) is 0 Å². The molecule has 0 bridgehead atoms. The molecule has 0 unspecified atom stereocenters. The fourth-order valence-electron chi connectivity index (χ4n) is 1.82. The highest BCUT2D eigenvalue weighted by Gasteiger charge is 2.39. The van der Waals surface area contributed by atoms with Crippen LogP contribution in [0.3, 0.4) is 0 Å². The summed E-state index contributed by atoms with van der Waals surface area (Å²) in [6.07, 6.45) is 2.92. The average Bonchev–Trinajstić information content (AvgIpc) is 2.99. The zero-order valence-corrected chi connectivity index (χ0v) is 13.8. The number of thiophene rings is 1. The second-order valence-corrected chi connectivity index (χ2v) is 8.94. The predicted molar refractivity (Wildman–Crippen MR) is 78.4 cm³/mol. The van der Waals surface area contributed by atoms with Crippen molar-refractivity contribution in [3.8, 4) is 0 Å². The molecule has 2 rings (SSSR count). The average molecular weight is 352 g/mol. The maximum atomic E-state index is 12.6. The molecule has 6 heteroatoms. The molecular formula is C12H18BrNO2S2. The van der Waals surface area contributed by atoms with E-state index in [0.29, 0.717) is 21.1 Å². The van der Waals surface area contributed by atoms with Gasteiger partial charge in [0.15, 0.2) is 0 Å². The first-order chi connectivity index (χ1) is 8.43. The second-order valence-electron chi connectivity index (χ2n) is 5.09. The normalized spacial score (nSPS) is 16.7. The molecule has 1 heterocycles. The van der Waals surface area contributed by atoms with Crippen molar-refractivity contribution in [3.05, 3.63) is 15.9 Å². The molecule has 1 aliphatic rings. The molecule has 1 aromatic rings. The highest BCUT2D eigenvalue weighted by Crippen LogP contribution is 2.36. The molecule has 1 saturated carbocycles. The van der Waals surface area contributed by atoms with Gasteiger partial charge >= 0.3 is 0 Å². The molecule has 1 fully saturated rings. The Hall–Kier alpha value is 0.0900. The number of rotatable bonds is 6. The van der Waals surface area contributed by atoms with Crippen LogP contribution < -0.4 is 0 Å². The van der Waals surface area contributed by atoms with Gasteiger partial charge in [-0.1, -0.05) is 13.8 Å². The third-order valence-electron chi connectivity index (χ3n) is 3.01. The molecule has 0 radical (unpaired) electrons. The van der Waals surface area contributed by atoms with Crippen LogP contribution in [0.1, 0.15) is 33.1 Å². The summed E-state index contributed by atoms with van der Waals surface area (Å²) in [6, 6.07) is 2.02. The fraction of sp³-hybridized carbons (Fsp3) is 0.667. The van der Waals surface area contributed by atoms with Crippen LogP contribution in [0.15, 0.2) is 20.1 Å². The maximum Gasteiger partial charge on any atom is 0.253 e. The van der Waals surface area contributed by atoms with Crippen molar-refractivity contribution in [2.75, 3.05) is 6.54 Å². The van der Waals surface area contributed by atoms with Crippen LogP contribution in [0.25, 0.3) is 0 Å². The van der Waals surface area contributed by atoms with Gasteiger partial charge < -0.3 is 0 Å². The topological polar surface area (TPSA) is 37.4 Å². The van der Waals surface area contributed by atoms with Gasteiger partial charge in [0.2, 0.25) is 0 Å². The zero-order valence-electron chi connectivity index (χ0n) is 10.6.